The maximum absolute atomic E-state index is 12.3. The molecule has 3 heterocycles. The maximum atomic E-state index is 12.3. The molecule has 2 bridgehead atoms. The molecule has 0 aliphatic carbocycles. The van der Waals surface area contributed by atoms with E-state index in [1.807, 2.05) is 6.92 Å². The normalized spacial score (nSPS) is 34.8. The lowest BCUT2D eigenvalue weighted by molar-refractivity contribution is -0.142. The molecule has 0 aromatic carbocycles. The van der Waals surface area contributed by atoms with E-state index >= 15 is 0 Å². The number of nitrogens with zero attached hydrogens (tertiary/aromatic N) is 1. The fraction of sp³-hybridized carbons (Fsp3) is 0.857. The minimum atomic E-state index is -3.19. The van der Waals surface area contributed by atoms with Crippen LogP contribution in [-0.4, -0.2) is 55.4 Å². The predicted molar refractivity (Wildman–Crippen MR) is 75.2 cm³/mol. The van der Waals surface area contributed by atoms with Crippen LogP contribution < -0.4 is 0 Å². The second kappa shape index (κ2) is 5.35. The second-order valence-corrected chi connectivity index (χ2v) is 8.48. The summed E-state index contributed by atoms with van der Waals surface area (Å²) in [5.74, 6) is -1.20. The number of hydrogen-bond donors (Lipinski definition) is 0. The van der Waals surface area contributed by atoms with Crippen molar-refractivity contribution in [2.45, 2.75) is 44.8 Å². The van der Waals surface area contributed by atoms with Gasteiger partial charge in [0.1, 0.15) is 0 Å². The van der Waals surface area contributed by atoms with E-state index in [1.165, 1.54) is 0 Å². The fourth-order valence-corrected chi connectivity index (χ4v) is 5.08. The topological polar surface area (TPSA) is 80.8 Å². The van der Waals surface area contributed by atoms with Crippen molar-refractivity contribution in [1.82, 2.24) is 4.90 Å². The average Bonchev–Trinajstić information content (AvgIpc) is 3.10. The Hall–Kier alpha value is -0.950. The second-order valence-electron chi connectivity index (χ2n) is 6.18. The van der Waals surface area contributed by atoms with Gasteiger partial charge in [0.2, 0.25) is 11.8 Å². The summed E-state index contributed by atoms with van der Waals surface area (Å²) in [6.07, 6.45) is 2.80. The Labute approximate surface area is 124 Å². The van der Waals surface area contributed by atoms with Gasteiger partial charge in [0, 0.05) is 6.54 Å². The third-order valence-electron chi connectivity index (χ3n) is 4.81. The number of unbranched alkanes of at least 4 members (excludes halogenated alkanes) is 1. The van der Waals surface area contributed by atoms with Gasteiger partial charge in [0.15, 0.2) is 9.84 Å². The summed E-state index contributed by atoms with van der Waals surface area (Å²) in [5, 5.41) is 0. The first kappa shape index (κ1) is 15.0. The molecule has 3 aliphatic heterocycles. The van der Waals surface area contributed by atoms with Crippen LogP contribution in [0.2, 0.25) is 0 Å². The van der Waals surface area contributed by atoms with Crippen molar-refractivity contribution in [3.8, 4) is 0 Å². The van der Waals surface area contributed by atoms with E-state index < -0.39 is 9.84 Å². The quantitative estimate of drug-likeness (QED) is 0.661. The van der Waals surface area contributed by atoms with Crippen LogP contribution in [0.25, 0.3) is 0 Å². The number of ether oxygens (including phenoxy) is 1. The monoisotopic (exact) mass is 315 g/mol. The minimum absolute atomic E-state index is 0.00382. The molecule has 0 aromatic heterocycles. The van der Waals surface area contributed by atoms with Crippen LogP contribution in [-0.2, 0) is 24.2 Å². The molecule has 0 aromatic rings. The zero-order chi connectivity index (χ0) is 15.2. The zero-order valence-corrected chi connectivity index (χ0v) is 13.0. The lowest BCUT2D eigenvalue weighted by Crippen LogP contribution is -2.38. The maximum Gasteiger partial charge on any atom is 0.235 e. The van der Waals surface area contributed by atoms with Crippen LogP contribution >= 0.6 is 0 Å². The Balaban J connectivity index is 1.65. The summed E-state index contributed by atoms with van der Waals surface area (Å²) < 4.78 is 29.4. The molecule has 0 radical (unpaired) electrons. The first-order valence-electron chi connectivity index (χ1n) is 7.65. The average molecular weight is 315 g/mol. The van der Waals surface area contributed by atoms with Crippen molar-refractivity contribution in [1.29, 1.82) is 0 Å². The van der Waals surface area contributed by atoms with E-state index in [4.69, 9.17) is 4.74 Å². The van der Waals surface area contributed by atoms with Crippen LogP contribution in [0.4, 0.5) is 0 Å². The van der Waals surface area contributed by atoms with Crippen LogP contribution in [0.1, 0.15) is 32.6 Å². The molecule has 4 unspecified atom stereocenters. The molecule has 118 valence electrons. The number of imide groups is 1. The molecule has 3 aliphatic rings. The van der Waals surface area contributed by atoms with Crippen LogP contribution in [0.5, 0.6) is 0 Å². The zero-order valence-electron chi connectivity index (χ0n) is 12.2. The molecule has 0 N–H and O–H groups in total. The number of amides is 2. The van der Waals surface area contributed by atoms with E-state index in [-0.39, 0.29) is 53.9 Å². The molecule has 6 nitrogen and oxygen atoms in total. The van der Waals surface area contributed by atoms with Crippen molar-refractivity contribution in [3.05, 3.63) is 0 Å². The Morgan fingerprint density at radius 1 is 1.10 bits per heavy atom. The predicted octanol–water partition coefficient (Wildman–Crippen LogP) is 0.364. The first-order valence-corrected chi connectivity index (χ1v) is 9.48. The highest BCUT2D eigenvalue weighted by molar-refractivity contribution is 7.91. The van der Waals surface area contributed by atoms with Gasteiger partial charge < -0.3 is 4.74 Å². The van der Waals surface area contributed by atoms with Gasteiger partial charge >= 0.3 is 0 Å². The number of rotatable bonds is 6. The fourth-order valence-electron chi connectivity index (χ4n) is 3.69. The molecule has 21 heavy (non-hydrogen) atoms. The van der Waals surface area contributed by atoms with Crippen molar-refractivity contribution in [2.24, 2.45) is 11.8 Å². The molecule has 0 spiro atoms. The molecule has 3 fully saturated rings. The molecular weight excluding hydrogens is 294 g/mol. The Kier molecular flexibility index (Phi) is 3.81. The highest BCUT2D eigenvalue weighted by Crippen LogP contribution is 2.48. The third kappa shape index (κ3) is 2.50. The standard InChI is InChI=1S/C14H21NO5S/c1-2-3-7-21(18,19)8-6-15-13(16)11-9-4-5-10(20-9)12(11)14(15)17/h9-12H,2-8H2,1H3. The Morgan fingerprint density at radius 2 is 1.67 bits per heavy atom. The summed E-state index contributed by atoms with van der Waals surface area (Å²) in [7, 11) is -3.19. The van der Waals surface area contributed by atoms with Crippen LogP contribution in [0, 0.1) is 11.8 Å². The summed E-state index contributed by atoms with van der Waals surface area (Å²) in [6, 6.07) is 0. The molecule has 4 atom stereocenters. The molecule has 2 amide bonds. The van der Waals surface area contributed by atoms with Crippen molar-refractivity contribution >= 4 is 21.7 Å². The SMILES string of the molecule is CCCCS(=O)(=O)CCN1C(=O)C2C3CCC(O3)C2C1=O. The lowest BCUT2D eigenvalue weighted by Gasteiger charge is -2.17. The van der Waals surface area contributed by atoms with Gasteiger partial charge in [-0.2, -0.15) is 0 Å². The molecule has 3 saturated heterocycles. The van der Waals surface area contributed by atoms with Gasteiger partial charge in [-0.3, -0.25) is 14.5 Å². The molecule has 7 heteroatoms. The van der Waals surface area contributed by atoms with Gasteiger partial charge in [-0.15, -0.1) is 0 Å². The van der Waals surface area contributed by atoms with Crippen LogP contribution in [0.15, 0.2) is 0 Å². The minimum Gasteiger partial charge on any atom is -0.373 e. The summed E-state index contributed by atoms with van der Waals surface area (Å²) in [5.41, 5.74) is 0. The third-order valence-corrected chi connectivity index (χ3v) is 6.53. The summed E-state index contributed by atoms with van der Waals surface area (Å²) >= 11 is 0. The van der Waals surface area contributed by atoms with E-state index in [2.05, 4.69) is 0 Å². The van der Waals surface area contributed by atoms with E-state index in [9.17, 15) is 18.0 Å². The molecule has 3 rings (SSSR count). The van der Waals surface area contributed by atoms with Gasteiger partial charge in [-0.25, -0.2) is 8.42 Å². The number of likely N-dealkylation sites (tertiary alicyclic amines) is 1. The Morgan fingerprint density at radius 3 is 2.19 bits per heavy atom. The number of sulfone groups is 1. The number of carbonyl (C=O) groups is 2. The van der Waals surface area contributed by atoms with E-state index in [0.717, 1.165) is 24.2 Å². The number of hydrogen-bond acceptors (Lipinski definition) is 5. The highest BCUT2D eigenvalue weighted by Gasteiger charge is 2.62. The largest absolute Gasteiger partial charge is 0.373 e. The first-order chi connectivity index (χ1) is 9.94. The molecule has 0 saturated carbocycles. The summed E-state index contributed by atoms with van der Waals surface area (Å²) in [6.45, 7) is 1.93. The molecular formula is C14H21NO5S. The Bertz CT molecular complexity index is 530. The van der Waals surface area contributed by atoms with E-state index in [0.29, 0.717) is 6.42 Å². The number of carbonyl (C=O) groups excluding carboxylic acids is 2. The van der Waals surface area contributed by atoms with Gasteiger partial charge in [0.05, 0.1) is 35.5 Å². The van der Waals surface area contributed by atoms with Gasteiger partial charge in [-0.1, -0.05) is 13.3 Å². The van der Waals surface area contributed by atoms with Gasteiger partial charge in [0.25, 0.3) is 0 Å². The van der Waals surface area contributed by atoms with E-state index in [1.54, 1.807) is 0 Å². The van der Waals surface area contributed by atoms with Gasteiger partial charge in [-0.05, 0) is 19.3 Å². The number of fused-ring (bicyclic) bond motifs is 5. The smallest absolute Gasteiger partial charge is 0.235 e. The van der Waals surface area contributed by atoms with Crippen LogP contribution in [0.3, 0.4) is 0 Å². The van der Waals surface area contributed by atoms with Crippen molar-refractivity contribution in [3.63, 3.8) is 0 Å². The van der Waals surface area contributed by atoms with Crippen molar-refractivity contribution < 1.29 is 22.7 Å². The highest BCUT2D eigenvalue weighted by atomic mass is 32.2. The van der Waals surface area contributed by atoms with Crippen molar-refractivity contribution in [2.75, 3.05) is 18.1 Å². The lowest BCUT2D eigenvalue weighted by atomic mass is 9.81. The summed E-state index contributed by atoms with van der Waals surface area (Å²) in [4.78, 5) is 25.9.